The second-order valence-electron chi connectivity index (χ2n) is 8.51. The Morgan fingerprint density at radius 3 is 2.64 bits per heavy atom. The van der Waals surface area contributed by atoms with Crippen molar-refractivity contribution in [3.63, 3.8) is 0 Å². The Hall–Kier alpha value is -4.73. The van der Waals surface area contributed by atoms with Gasteiger partial charge in [0.05, 0.1) is 16.8 Å². The van der Waals surface area contributed by atoms with E-state index in [1.807, 2.05) is 42.5 Å². The van der Waals surface area contributed by atoms with E-state index in [4.69, 9.17) is 30.7 Å². The zero-order valence-electron chi connectivity index (χ0n) is 19.2. The highest BCUT2D eigenvalue weighted by Gasteiger charge is 2.26. The van der Waals surface area contributed by atoms with Crippen LogP contribution < -0.4 is 20.9 Å². The highest BCUT2D eigenvalue weighted by atomic mass is 16.7. The number of fused-ring (bicyclic) bond motifs is 3. The summed E-state index contributed by atoms with van der Waals surface area (Å²) in [6.45, 7) is 0.0436. The lowest BCUT2D eigenvalue weighted by molar-refractivity contribution is 0.0463. The van der Waals surface area contributed by atoms with Gasteiger partial charge in [-0.3, -0.25) is 0 Å². The van der Waals surface area contributed by atoms with Gasteiger partial charge < -0.3 is 25.7 Å². The molecular weight excluding hydrogens is 460 g/mol. The van der Waals surface area contributed by atoms with Crippen LogP contribution in [0.1, 0.15) is 45.8 Å². The maximum atomic E-state index is 13.4. The molecule has 1 aliphatic heterocycles. The van der Waals surface area contributed by atoms with Crippen molar-refractivity contribution in [2.24, 2.45) is 0 Å². The highest BCUT2D eigenvalue weighted by Crippen LogP contribution is 2.38. The van der Waals surface area contributed by atoms with E-state index in [1.54, 1.807) is 0 Å². The standard InChI is InChI=1S/C26H22N6O4/c27-25-30-21(31-26(28)32-25)12-34-24(33)22-16-5-1-2-7-18(16)29-23-15(4-3-6-17(22)23)10-14-8-9-19-20(11-14)36-13-35-19/h1-2,5,7-11H,3-4,6,12-13H2,(H4,27,28,30,31,32)/b15-10-. The van der Waals surface area contributed by atoms with Crippen LogP contribution in [0.4, 0.5) is 11.9 Å². The lowest BCUT2D eigenvalue weighted by Crippen LogP contribution is -2.16. The summed E-state index contributed by atoms with van der Waals surface area (Å²) in [6.07, 6.45) is 4.52. The topological polar surface area (TPSA) is 148 Å². The number of benzene rings is 2. The third kappa shape index (κ3) is 4.02. The largest absolute Gasteiger partial charge is 0.454 e. The molecule has 10 heteroatoms. The van der Waals surface area contributed by atoms with Gasteiger partial charge in [0.1, 0.15) is 0 Å². The number of hydrogen-bond donors (Lipinski definition) is 2. The molecule has 2 aromatic heterocycles. The zero-order chi connectivity index (χ0) is 24.6. The molecule has 0 saturated carbocycles. The second-order valence-corrected chi connectivity index (χ2v) is 8.51. The van der Waals surface area contributed by atoms with E-state index >= 15 is 0 Å². The first kappa shape index (κ1) is 21.8. The van der Waals surface area contributed by atoms with E-state index in [2.05, 4.69) is 21.0 Å². The van der Waals surface area contributed by atoms with E-state index < -0.39 is 5.97 Å². The van der Waals surface area contributed by atoms with Gasteiger partial charge in [-0.25, -0.2) is 9.78 Å². The van der Waals surface area contributed by atoms with Gasteiger partial charge in [0.2, 0.25) is 18.7 Å². The molecule has 2 aromatic carbocycles. The van der Waals surface area contributed by atoms with Crippen LogP contribution in [0.5, 0.6) is 11.5 Å². The predicted molar refractivity (Wildman–Crippen MR) is 133 cm³/mol. The molecule has 4 N–H and O–H groups in total. The maximum Gasteiger partial charge on any atom is 0.339 e. The van der Waals surface area contributed by atoms with Crippen LogP contribution in [0.2, 0.25) is 0 Å². The van der Waals surface area contributed by atoms with E-state index in [0.29, 0.717) is 12.0 Å². The van der Waals surface area contributed by atoms with Gasteiger partial charge in [-0.1, -0.05) is 24.3 Å². The highest BCUT2D eigenvalue weighted by molar-refractivity contribution is 6.06. The SMILES string of the molecule is Nc1nc(N)nc(COC(=O)c2c3c(nc4ccccc24)/C(=C\c2ccc4c(c2)OCO4)CCC3)n1. The summed E-state index contributed by atoms with van der Waals surface area (Å²) in [7, 11) is 0. The van der Waals surface area contributed by atoms with Crippen molar-refractivity contribution in [1.29, 1.82) is 0 Å². The third-order valence-electron chi connectivity index (χ3n) is 6.16. The fourth-order valence-corrected chi connectivity index (χ4v) is 4.64. The van der Waals surface area contributed by atoms with Crippen molar-refractivity contribution in [2.45, 2.75) is 25.9 Å². The van der Waals surface area contributed by atoms with E-state index in [9.17, 15) is 4.79 Å². The molecule has 3 heterocycles. The molecule has 0 saturated heterocycles. The van der Waals surface area contributed by atoms with Crippen LogP contribution >= 0.6 is 0 Å². The summed E-state index contributed by atoms with van der Waals surface area (Å²) in [5, 5.41) is 0.736. The minimum Gasteiger partial charge on any atom is -0.454 e. The number of anilines is 2. The molecule has 180 valence electrons. The molecule has 0 atom stereocenters. The van der Waals surface area contributed by atoms with Crippen molar-refractivity contribution in [3.05, 3.63) is 70.7 Å². The van der Waals surface area contributed by atoms with E-state index in [1.165, 1.54) is 0 Å². The summed E-state index contributed by atoms with van der Waals surface area (Å²) >= 11 is 0. The van der Waals surface area contributed by atoms with Crippen LogP contribution in [0.3, 0.4) is 0 Å². The number of ether oxygens (including phenoxy) is 3. The van der Waals surface area contributed by atoms with Crippen LogP contribution in [0.15, 0.2) is 42.5 Å². The lowest BCUT2D eigenvalue weighted by Gasteiger charge is -2.22. The maximum absolute atomic E-state index is 13.4. The zero-order valence-corrected chi connectivity index (χ0v) is 19.2. The van der Waals surface area contributed by atoms with E-state index in [-0.39, 0.29) is 31.1 Å². The average molecular weight is 483 g/mol. The van der Waals surface area contributed by atoms with Gasteiger partial charge in [0.25, 0.3) is 0 Å². The van der Waals surface area contributed by atoms with Gasteiger partial charge in [-0.15, -0.1) is 0 Å². The van der Waals surface area contributed by atoms with Gasteiger partial charge >= 0.3 is 5.97 Å². The van der Waals surface area contributed by atoms with Crippen LogP contribution in [0.25, 0.3) is 22.6 Å². The fraction of sp³-hybridized carbons (Fsp3) is 0.192. The third-order valence-corrected chi connectivity index (χ3v) is 6.16. The minimum atomic E-state index is -0.480. The molecule has 4 aromatic rings. The number of allylic oxidation sites excluding steroid dienone is 1. The van der Waals surface area contributed by atoms with Crippen molar-refractivity contribution < 1.29 is 19.0 Å². The Labute approximate surface area is 206 Å². The van der Waals surface area contributed by atoms with Crippen molar-refractivity contribution in [1.82, 2.24) is 19.9 Å². The molecular formula is C26H22N6O4. The Morgan fingerprint density at radius 1 is 0.972 bits per heavy atom. The fourth-order valence-electron chi connectivity index (χ4n) is 4.64. The van der Waals surface area contributed by atoms with Gasteiger partial charge in [0, 0.05) is 5.39 Å². The monoisotopic (exact) mass is 482 g/mol. The molecule has 10 nitrogen and oxygen atoms in total. The summed E-state index contributed by atoms with van der Waals surface area (Å²) in [5.74, 6) is 1.10. The number of aromatic nitrogens is 4. The number of pyridine rings is 1. The minimum absolute atomic E-state index is 0.0291. The number of esters is 1. The Kier molecular flexibility index (Phi) is 5.33. The number of rotatable bonds is 4. The molecule has 36 heavy (non-hydrogen) atoms. The van der Waals surface area contributed by atoms with E-state index in [0.717, 1.165) is 57.6 Å². The second kappa shape index (κ2) is 8.81. The van der Waals surface area contributed by atoms with Crippen molar-refractivity contribution >= 4 is 40.4 Å². The van der Waals surface area contributed by atoms with Crippen molar-refractivity contribution in [2.75, 3.05) is 18.3 Å². The summed E-state index contributed by atoms with van der Waals surface area (Å²) in [5.41, 5.74) is 16.2. The van der Waals surface area contributed by atoms with Gasteiger partial charge in [-0.05, 0) is 60.2 Å². The molecule has 0 spiro atoms. The van der Waals surface area contributed by atoms with Gasteiger partial charge in [-0.2, -0.15) is 15.0 Å². The molecule has 0 amide bonds. The number of hydrogen-bond acceptors (Lipinski definition) is 10. The number of nitrogens with two attached hydrogens (primary N) is 2. The number of carbonyl (C=O) groups is 1. The quantitative estimate of drug-likeness (QED) is 0.414. The number of para-hydroxylation sites is 1. The smallest absolute Gasteiger partial charge is 0.339 e. The normalized spacial score (nSPS) is 15.2. The van der Waals surface area contributed by atoms with Crippen LogP contribution in [0, 0.1) is 0 Å². The molecule has 0 unspecified atom stereocenters. The molecule has 2 aliphatic rings. The molecule has 0 radical (unpaired) electrons. The van der Waals surface area contributed by atoms with Gasteiger partial charge in [0.15, 0.2) is 23.9 Å². The van der Waals surface area contributed by atoms with Crippen molar-refractivity contribution in [3.8, 4) is 11.5 Å². The first-order valence-corrected chi connectivity index (χ1v) is 11.5. The van der Waals surface area contributed by atoms with Crippen LogP contribution in [-0.4, -0.2) is 32.7 Å². The first-order valence-electron chi connectivity index (χ1n) is 11.5. The number of nitrogens with zero attached hydrogens (tertiary/aromatic N) is 4. The summed E-state index contributed by atoms with van der Waals surface area (Å²) in [4.78, 5) is 30.1. The molecule has 0 bridgehead atoms. The van der Waals surface area contributed by atoms with Crippen LogP contribution in [-0.2, 0) is 17.8 Å². The summed E-state index contributed by atoms with van der Waals surface area (Å²) in [6, 6.07) is 13.4. The number of carbonyl (C=O) groups excluding carboxylic acids is 1. The first-order chi connectivity index (χ1) is 17.5. The Morgan fingerprint density at radius 2 is 1.78 bits per heavy atom. The lowest BCUT2D eigenvalue weighted by atomic mass is 9.86. The molecule has 0 fully saturated rings. The Bertz CT molecular complexity index is 1530. The average Bonchev–Trinajstić information content (AvgIpc) is 3.34. The Balaban J connectivity index is 1.40. The number of nitrogen functional groups attached to an aromatic ring is 2. The molecule has 1 aliphatic carbocycles. The predicted octanol–water partition coefficient (Wildman–Crippen LogP) is 3.55. The summed E-state index contributed by atoms with van der Waals surface area (Å²) < 4.78 is 16.6. The molecule has 6 rings (SSSR count).